The molecule has 0 aliphatic carbocycles. The first-order valence-corrected chi connectivity index (χ1v) is 6.28. The van der Waals surface area contributed by atoms with E-state index in [9.17, 15) is 4.79 Å². The predicted octanol–water partition coefficient (Wildman–Crippen LogP) is 1.56. The van der Waals surface area contributed by atoms with Gasteiger partial charge < -0.3 is 15.4 Å². The van der Waals surface area contributed by atoms with Gasteiger partial charge in [0.05, 0.1) is 0 Å². The molecule has 2 N–H and O–H groups in total. The van der Waals surface area contributed by atoms with Gasteiger partial charge in [0.25, 0.3) is 5.91 Å². The number of rotatable bonds is 8. The zero-order valence-corrected chi connectivity index (χ0v) is 11.2. The number of carbonyl (C=O) groups excluding carboxylic acids is 1. The Morgan fingerprint density at radius 2 is 1.94 bits per heavy atom. The van der Waals surface area contributed by atoms with Gasteiger partial charge in [0.1, 0.15) is 0 Å². The Morgan fingerprint density at radius 1 is 1.22 bits per heavy atom. The molecule has 100 valence electrons. The van der Waals surface area contributed by atoms with Crippen LogP contribution in [0.1, 0.15) is 28.8 Å². The summed E-state index contributed by atoms with van der Waals surface area (Å²) in [5, 5.41) is 5.97. The highest BCUT2D eigenvalue weighted by Gasteiger charge is 2.01. The summed E-state index contributed by atoms with van der Waals surface area (Å²) >= 11 is 0. The van der Waals surface area contributed by atoms with Crippen LogP contribution in [0.25, 0.3) is 0 Å². The summed E-state index contributed by atoms with van der Waals surface area (Å²) in [7, 11) is 3.36. The number of benzene rings is 1. The number of amides is 1. The summed E-state index contributed by atoms with van der Waals surface area (Å²) in [6.07, 6.45) is 2.20. The number of ether oxygens (including phenoxy) is 1. The third-order valence-electron chi connectivity index (χ3n) is 2.72. The van der Waals surface area contributed by atoms with E-state index in [-0.39, 0.29) is 5.91 Å². The Morgan fingerprint density at radius 3 is 2.56 bits per heavy atom. The Bertz CT molecular complexity index is 349. The van der Waals surface area contributed by atoms with Gasteiger partial charge in [0.15, 0.2) is 0 Å². The van der Waals surface area contributed by atoms with Crippen molar-refractivity contribution in [1.82, 2.24) is 10.6 Å². The fourth-order valence-electron chi connectivity index (χ4n) is 1.65. The first kappa shape index (κ1) is 14.7. The molecule has 0 atom stereocenters. The molecule has 18 heavy (non-hydrogen) atoms. The maximum absolute atomic E-state index is 11.3. The normalized spacial score (nSPS) is 10.3. The molecule has 0 fully saturated rings. The molecule has 0 aromatic heterocycles. The van der Waals surface area contributed by atoms with E-state index in [0.29, 0.717) is 5.56 Å². The largest absolute Gasteiger partial charge is 0.385 e. The first-order chi connectivity index (χ1) is 8.77. The van der Waals surface area contributed by atoms with Gasteiger partial charge in [-0.25, -0.2) is 0 Å². The van der Waals surface area contributed by atoms with Crippen molar-refractivity contribution in [3.63, 3.8) is 0 Å². The highest BCUT2D eigenvalue weighted by molar-refractivity contribution is 5.93. The minimum Gasteiger partial charge on any atom is -0.385 e. The van der Waals surface area contributed by atoms with Gasteiger partial charge in [-0.05, 0) is 37.1 Å². The molecule has 0 aliphatic heterocycles. The molecule has 0 radical (unpaired) electrons. The highest BCUT2D eigenvalue weighted by atomic mass is 16.5. The van der Waals surface area contributed by atoms with Gasteiger partial charge in [-0.3, -0.25) is 4.79 Å². The van der Waals surface area contributed by atoms with Crippen LogP contribution in [0, 0.1) is 0 Å². The summed E-state index contributed by atoms with van der Waals surface area (Å²) in [5.74, 6) is -0.0472. The fraction of sp³-hybridized carbons (Fsp3) is 0.500. The van der Waals surface area contributed by atoms with Crippen molar-refractivity contribution in [1.29, 1.82) is 0 Å². The predicted molar refractivity (Wildman–Crippen MR) is 72.6 cm³/mol. The molecule has 0 unspecified atom stereocenters. The molecule has 0 heterocycles. The quantitative estimate of drug-likeness (QED) is 0.688. The van der Waals surface area contributed by atoms with E-state index in [4.69, 9.17) is 4.74 Å². The monoisotopic (exact) mass is 250 g/mol. The van der Waals surface area contributed by atoms with Crippen molar-refractivity contribution in [2.45, 2.75) is 19.4 Å². The molecule has 0 saturated heterocycles. The average Bonchev–Trinajstić information content (AvgIpc) is 2.42. The lowest BCUT2D eigenvalue weighted by Crippen LogP contribution is -2.18. The first-order valence-electron chi connectivity index (χ1n) is 6.28. The SMILES string of the molecule is CNC(=O)c1ccc(CNCCCCOC)cc1. The molecule has 0 saturated carbocycles. The van der Waals surface area contributed by atoms with E-state index in [1.165, 1.54) is 5.56 Å². The van der Waals surface area contributed by atoms with Crippen molar-refractivity contribution in [3.05, 3.63) is 35.4 Å². The summed E-state index contributed by atoms with van der Waals surface area (Å²) in [4.78, 5) is 11.3. The zero-order chi connectivity index (χ0) is 13.2. The van der Waals surface area contributed by atoms with E-state index in [1.807, 2.05) is 24.3 Å². The molecule has 1 amide bonds. The second-order valence-electron chi connectivity index (χ2n) is 4.15. The number of nitrogens with one attached hydrogen (secondary N) is 2. The Labute approximate surface area is 109 Å². The minimum absolute atomic E-state index is 0.0472. The topological polar surface area (TPSA) is 50.4 Å². The number of methoxy groups -OCH3 is 1. The fourth-order valence-corrected chi connectivity index (χ4v) is 1.65. The number of carbonyl (C=O) groups is 1. The van der Waals surface area contributed by atoms with Crippen LogP contribution in [-0.4, -0.2) is 33.2 Å². The zero-order valence-electron chi connectivity index (χ0n) is 11.2. The van der Waals surface area contributed by atoms with Gasteiger partial charge >= 0.3 is 0 Å². The van der Waals surface area contributed by atoms with Crippen LogP contribution in [0.15, 0.2) is 24.3 Å². The van der Waals surface area contributed by atoms with Gasteiger partial charge in [-0.15, -0.1) is 0 Å². The number of hydrogen-bond acceptors (Lipinski definition) is 3. The van der Waals surface area contributed by atoms with Crippen molar-refractivity contribution in [2.75, 3.05) is 27.3 Å². The maximum Gasteiger partial charge on any atom is 0.251 e. The third kappa shape index (κ3) is 5.29. The summed E-state index contributed by atoms with van der Waals surface area (Å²) < 4.78 is 4.99. The van der Waals surface area contributed by atoms with E-state index >= 15 is 0 Å². The minimum atomic E-state index is -0.0472. The van der Waals surface area contributed by atoms with Gasteiger partial charge in [0, 0.05) is 32.9 Å². The molecule has 0 spiro atoms. The van der Waals surface area contributed by atoms with Crippen molar-refractivity contribution < 1.29 is 9.53 Å². The van der Waals surface area contributed by atoms with Crippen molar-refractivity contribution in [2.24, 2.45) is 0 Å². The number of unbranched alkanes of at least 4 members (excludes halogenated alkanes) is 1. The van der Waals surface area contributed by atoms with Crippen LogP contribution >= 0.6 is 0 Å². The van der Waals surface area contributed by atoms with Crippen LogP contribution in [0.2, 0.25) is 0 Å². The Balaban J connectivity index is 2.25. The molecular weight excluding hydrogens is 228 g/mol. The molecule has 4 nitrogen and oxygen atoms in total. The molecule has 0 aliphatic rings. The third-order valence-corrected chi connectivity index (χ3v) is 2.72. The Kier molecular flexibility index (Phi) is 7.06. The number of hydrogen-bond donors (Lipinski definition) is 2. The Hall–Kier alpha value is -1.39. The molecule has 1 aromatic carbocycles. The van der Waals surface area contributed by atoms with E-state index < -0.39 is 0 Å². The van der Waals surface area contributed by atoms with E-state index in [1.54, 1.807) is 14.2 Å². The lowest BCUT2D eigenvalue weighted by atomic mass is 10.1. The molecule has 1 aromatic rings. The van der Waals surface area contributed by atoms with Gasteiger partial charge in [-0.2, -0.15) is 0 Å². The lowest BCUT2D eigenvalue weighted by Gasteiger charge is -2.06. The summed E-state index contributed by atoms with van der Waals surface area (Å²) in [6.45, 7) is 2.64. The highest BCUT2D eigenvalue weighted by Crippen LogP contribution is 2.04. The van der Waals surface area contributed by atoms with Crippen LogP contribution in [0.4, 0.5) is 0 Å². The smallest absolute Gasteiger partial charge is 0.251 e. The second kappa shape index (κ2) is 8.66. The average molecular weight is 250 g/mol. The molecule has 4 heteroatoms. The van der Waals surface area contributed by atoms with Crippen LogP contribution < -0.4 is 10.6 Å². The summed E-state index contributed by atoms with van der Waals surface area (Å²) in [5.41, 5.74) is 1.88. The lowest BCUT2D eigenvalue weighted by molar-refractivity contribution is 0.0963. The molecule has 1 rings (SSSR count). The summed E-state index contributed by atoms with van der Waals surface area (Å²) in [6, 6.07) is 7.65. The maximum atomic E-state index is 11.3. The van der Waals surface area contributed by atoms with Gasteiger partial charge in [0.2, 0.25) is 0 Å². The van der Waals surface area contributed by atoms with E-state index in [2.05, 4.69) is 10.6 Å². The van der Waals surface area contributed by atoms with E-state index in [0.717, 1.165) is 32.5 Å². The van der Waals surface area contributed by atoms with Crippen LogP contribution in [0.5, 0.6) is 0 Å². The molecular formula is C14H22N2O2. The second-order valence-corrected chi connectivity index (χ2v) is 4.15. The van der Waals surface area contributed by atoms with Gasteiger partial charge in [-0.1, -0.05) is 12.1 Å². The van der Waals surface area contributed by atoms with Crippen LogP contribution in [0.3, 0.4) is 0 Å². The van der Waals surface area contributed by atoms with Crippen molar-refractivity contribution >= 4 is 5.91 Å². The van der Waals surface area contributed by atoms with Crippen molar-refractivity contribution in [3.8, 4) is 0 Å². The van der Waals surface area contributed by atoms with Crippen LogP contribution in [-0.2, 0) is 11.3 Å². The molecule has 0 bridgehead atoms. The standard InChI is InChI=1S/C14H22N2O2/c1-15-14(17)13-7-5-12(6-8-13)11-16-9-3-4-10-18-2/h5-8,16H,3-4,9-11H2,1-2H3,(H,15,17).